The van der Waals surface area contributed by atoms with Gasteiger partial charge in [-0.3, -0.25) is 9.78 Å². The number of aryl methyl sites for hydroxylation is 1. The molecule has 0 saturated heterocycles. The highest BCUT2D eigenvalue weighted by atomic mass is 16.5. The van der Waals surface area contributed by atoms with Gasteiger partial charge in [-0.25, -0.2) is 5.43 Å². The first kappa shape index (κ1) is 12.3. The Balaban J connectivity index is 1.87. The summed E-state index contributed by atoms with van der Waals surface area (Å²) in [6.07, 6.45) is 0.688. The fraction of sp³-hybridized carbons (Fsp3) is 0.231. The summed E-state index contributed by atoms with van der Waals surface area (Å²) in [5, 5.41) is 11.8. The van der Waals surface area contributed by atoms with E-state index in [0.29, 0.717) is 18.7 Å². The summed E-state index contributed by atoms with van der Waals surface area (Å²) in [7, 11) is 0. The summed E-state index contributed by atoms with van der Waals surface area (Å²) in [6, 6.07) is 7.69. The molecule has 102 valence electrons. The van der Waals surface area contributed by atoms with Crippen LogP contribution in [0.4, 0.5) is 5.95 Å². The SMILES string of the molecule is Cc1nnc(NN=C2CCOc3ccccc32)[nH]c1=O. The first-order valence-electron chi connectivity index (χ1n) is 6.22. The van der Waals surface area contributed by atoms with Crippen LogP contribution in [-0.4, -0.2) is 27.5 Å². The zero-order chi connectivity index (χ0) is 13.9. The Morgan fingerprint density at radius 2 is 2.20 bits per heavy atom. The van der Waals surface area contributed by atoms with Gasteiger partial charge >= 0.3 is 0 Å². The molecule has 0 atom stereocenters. The van der Waals surface area contributed by atoms with Crippen molar-refractivity contribution in [3.05, 3.63) is 45.9 Å². The van der Waals surface area contributed by atoms with Crippen molar-refractivity contribution in [1.82, 2.24) is 15.2 Å². The molecule has 0 radical (unpaired) electrons. The number of ether oxygens (including phenoxy) is 1. The van der Waals surface area contributed by atoms with Crippen molar-refractivity contribution in [2.24, 2.45) is 5.10 Å². The van der Waals surface area contributed by atoms with Crippen molar-refractivity contribution in [2.45, 2.75) is 13.3 Å². The second-order valence-electron chi connectivity index (χ2n) is 4.35. The molecule has 0 spiro atoms. The van der Waals surface area contributed by atoms with Gasteiger partial charge in [0.2, 0.25) is 5.95 Å². The Bertz CT molecular complexity index is 723. The van der Waals surface area contributed by atoms with Crippen LogP contribution in [0.3, 0.4) is 0 Å². The standard InChI is InChI=1S/C13H13N5O2/c1-8-12(19)14-13(17-15-8)18-16-10-6-7-20-11-5-3-2-4-9(10)11/h2-5H,6-7H2,1H3,(H2,14,17,18,19). The molecule has 1 aromatic carbocycles. The Hall–Kier alpha value is -2.70. The van der Waals surface area contributed by atoms with E-state index in [0.717, 1.165) is 17.0 Å². The van der Waals surface area contributed by atoms with E-state index in [9.17, 15) is 4.79 Å². The number of H-pyrrole nitrogens is 1. The molecule has 1 aliphatic rings. The molecular formula is C13H13N5O2. The molecule has 2 aromatic rings. The number of rotatable bonds is 2. The summed E-state index contributed by atoms with van der Waals surface area (Å²) >= 11 is 0. The molecule has 0 unspecified atom stereocenters. The van der Waals surface area contributed by atoms with Crippen LogP contribution in [0.25, 0.3) is 0 Å². The minimum atomic E-state index is -0.282. The number of hydrazone groups is 1. The first-order chi connectivity index (χ1) is 9.74. The zero-order valence-electron chi connectivity index (χ0n) is 10.9. The minimum absolute atomic E-state index is 0.220. The van der Waals surface area contributed by atoms with Crippen LogP contribution >= 0.6 is 0 Å². The molecule has 2 N–H and O–H groups in total. The van der Waals surface area contributed by atoms with Crippen molar-refractivity contribution in [1.29, 1.82) is 0 Å². The van der Waals surface area contributed by atoms with E-state index >= 15 is 0 Å². The lowest BCUT2D eigenvalue weighted by Crippen LogP contribution is -2.19. The second-order valence-corrected chi connectivity index (χ2v) is 4.35. The van der Waals surface area contributed by atoms with Gasteiger partial charge in [-0.05, 0) is 19.1 Å². The maximum absolute atomic E-state index is 11.4. The van der Waals surface area contributed by atoms with E-state index in [1.54, 1.807) is 6.92 Å². The maximum atomic E-state index is 11.4. The molecule has 1 aromatic heterocycles. The van der Waals surface area contributed by atoms with Crippen LogP contribution in [0.1, 0.15) is 17.7 Å². The predicted octanol–water partition coefficient (Wildman–Crippen LogP) is 1.07. The van der Waals surface area contributed by atoms with E-state index in [1.807, 2.05) is 24.3 Å². The normalized spacial score (nSPS) is 15.6. The fourth-order valence-electron chi connectivity index (χ4n) is 1.90. The topological polar surface area (TPSA) is 92.3 Å². The molecule has 0 saturated carbocycles. The molecule has 0 bridgehead atoms. The lowest BCUT2D eigenvalue weighted by molar-refractivity contribution is 0.320. The molecule has 0 fully saturated rings. The average molecular weight is 271 g/mol. The van der Waals surface area contributed by atoms with Crippen LogP contribution in [0, 0.1) is 6.92 Å². The number of nitrogens with zero attached hydrogens (tertiary/aromatic N) is 3. The zero-order valence-corrected chi connectivity index (χ0v) is 10.9. The number of anilines is 1. The summed E-state index contributed by atoms with van der Waals surface area (Å²) in [5.41, 5.74) is 4.56. The molecule has 2 heterocycles. The van der Waals surface area contributed by atoms with Gasteiger partial charge in [0.15, 0.2) is 0 Å². The number of aromatic amines is 1. The molecule has 1 aliphatic heterocycles. The van der Waals surface area contributed by atoms with Gasteiger partial charge < -0.3 is 4.74 Å². The number of hydrogen-bond acceptors (Lipinski definition) is 6. The van der Waals surface area contributed by atoms with E-state index in [2.05, 4.69) is 25.7 Å². The lowest BCUT2D eigenvalue weighted by Gasteiger charge is -2.18. The molecule has 7 nitrogen and oxygen atoms in total. The smallest absolute Gasteiger partial charge is 0.274 e. The summed E-state index contributed by atoms with van der Waals surface area (Å²) in [6.45, 7) is 2.17. The second kappa shape index (κ2) is 5.12. The van der Waals surface area contributed by atoms with E-state index in [-0.39, 0.29) is 11.5 Å². The van der Waals surface area contributed by atoms with Crippen LogP contribution in [0.5, 0.6) is 5.75 Å². The van der Waals surface area contributed by atoms with Crippen LogP contribution in [-0.2, 0) is 0 Å². The summed E-state index contributed by atoms with van der Waals surface area (Å²) in [5.74, 6) is 1.03. The van der Waals surface area contributed by atoms with E-state index in [4.69, 9.17) is 4.74 Å². The third-order valence-corrected chi connectivity index (χ3v) is 2.95. The molecule has 7 heteroatoms. The molecule has 0 aliphatic carbocycles. The van der Waals surface area contributed by atoms with Crippen molar-refractivity contribution >= 4 is 11.7 Å². The third-order valence-electron chi connectivity index (χ3n) is 2.95. The van der Waals surface area contributed by atoms with Crippen molar-refractivity contribution in [2.75, 3.05) is 12.0 Å². The van der Waals surface area contributed by atoms with Gasteiger partial charge in [0.05, 0.1) is 12.3 Å². The van der Waals surface area contributed by atoms with Gasteiger partial charge in [0.1, 0.15) is 11.4 Å². The monoisotopic (exact) mass is 271 g/mol. The Morgan fingerprint density at radius 1 is 1.35 bits per heavy atom. The highest BCUT2D eigenvalue weighted by Gasteiger charge is 2.16. The number of hydrogen-bond donors (Lipinski definition) is 2. The first-order valence-corrected chi connectivity index (χ1v) is 6.22. The highest BCUT2D eigenvalue weighted by Crippen LogP contribution is 2.24. The molecular weight excluding hydrogens is 258 g/mol. The van der Waals surface area contributed by atoms with E-state index in [1.165, 1.54) is 0 Å². The number of aromatic nitrogens is 3. The maximum Gasteiger partial charge on any atom is 0.274 e. The van der Waals surface area contributed by atoms with Gasteiger partial charge in [-0.2, -0.15) is 5.10 Å². The third kappa shape index (κ3) is 2.37. The molecule has 20 heavy (non-hydrogen) atoms. The minimum Gasteiger partial charge on any atom is -0.492 e. The van der Waals surface area contributed by atoms with Gasteiger partial charge in [-0.1, -0.05) is 12.1 Å². The van der Waals surface area contributed by atoms with E-state index < -0.39 is 0 Å². The average Bonchev–Trinajstić information content (AvgIpc) is 2.48. The predicted molar refractivity (Wildman–Crippen MR) is 74.1 cm³/mol. The van der Waals surface area contributed by atoms with Crippen LogP contribution in [0.2, 0.25) is 0 Å². The van der Waals surface area contributed by atoms with Crippen LogP contribution in [0.15, 0.2) is 34.2 Å². The van der Waals surface area contributed by atoms with Gasteiger partial charge in [-0.15, -0.1) is 10.2 Å². The summed E-state index contributed by atoms with van der Waals surface area (Å²) in [4.78, 5) is 14.0. The lowest BCUT2D eigenvalue weighted by atomic mass is 10.0. The van der Waals surface area contributed by atoms with Gasteiger partial charge in [0.25, 0.3) is 5.56 Å². The molecule has 0 amide bonds. The highest BCUT2D eigenvalue weighted by molar-refractivity contribution is 6.03. The van der Waals surface area contributed by atoms with Crippen molar-refractivity contribution in [3.8, 4) is 5.75 Å². The number of nitrogens with one attached hydrogen (secondary N) is 2. The number of fused-ring (bicyclic) bond motifs is 1. The van der Waals surface area contributed by atoms with Crippen molar-refractivity contribution in [3.63, 3.8) is 0 Å². The van der Waals surface area contributed by atoms with Crippen LogP contribution < -0.4 is 15.7 Å². The van der Waals surface area contributed by atoms with Crippen molar-refractivity contribution < 1.29 is 4.74 Å². The van der Waals surface area contributed by atoms with Gasteiger partial charge in [0, 0.05) is 12.0 Å². The summed E-state index contributed by atoms with van der Waals surface area (Å²) < 4.78 is 5.55. The Labute approximate surface area is 114 Å². The largest absolute Gasteiger partial charge is 0.492 e. The quantitative estimate of drug-likeness (QED) is 0.797. The Kier molecular flexibility index (Phi) is 3.16. The molecule has 3 rings (SSSR count). The number of para-hydroxylation sites is 1. The fourth-order valence-corrected chi connectivity index (χ4v) is 1.90. The number of benzene rings is 1. The Morgan fingerprint density at radius 3 is 3.05 bits per heavy atom.